The van der Waals surface area contributed by atoms with Crippen LogP contribution in [0.3, 0.4) is 0 Å². The van der Waals surface area contributed by atoms with E-state index in [0.29, 0.717) is 12.8 Å². The molecule has 0 aliphatic carbocycles. The predicted molar refractivity (Wildman–Crippen MR) is 78.6 cm³/mol. The Morgan fingerprint density at radius 1 is 1.42 bits per heavy atom. The summed E-state index contributed by atoms with van der Waals surface area (Å²) in [5.41, 5.74) is 4.68. The molecule has 0 aliphatic heterocycles. The van der Waals surface area contributed by atoms with Gasteiger partial charge in [-0.15, -0.1) is 0 Å². The van der Waals surface area contributed by atoms with Gasteiger partial charge in [0.2, 0.25) is 5.91 Å². The van der Waals surface area contributed by atoms with E-state index in [9.17, 15) is 9.59 Å². The number of esters is 1. The van der Waals surface area contributed by atoms with Crippen LogP contribution in [0.5, 0.6) is 0 Å². The van der Waals surface area contributed by atoms with Gasteiger partial charge in [-0.1, -0.05) is 33.0 Å². The second kappa shape index (κ2) is 7.43. The maximum absolute atomic E-state index is 12.3. The Kier molecular flexibility index (Phi) is 6.97. The van der Waals surface area contributed by atoms with Gasteiger partial charge in [-0.2, -0.15) is 0 Å². The monoisotopic (exact) mass is 288 g/mol. The van der Waals surface area contributed by atoms with Crippen LogP contribution in [0.4, 0.5) is 0 Å². The lowest BCUT2D eigenvalue weighted by Gasteiger charge is -2.28. The zero-order valence-electron chi connectivity index (χ0n) is 12.3. The van der Waals surface area contributed by atoms with Crippen LogP contribution in [-0.4, -0.2) is 30.0 Å². The van der Waals surface area contributed by atoms with Crippen molar-refractivity contribution in [1.82, 2.24) is 5.32 Å². The first-order valence-electron chi connectivity index (χ1n) is 6.37. The topological polar surface area (TPSA) is 81.4 Å². The van der Waals surface area contributed by atoms with Crippen molar-refractivity contribution in [2.24, 2.45) is 17.1 Å². The highest BCUT2D eigenvalue weighted by atomic mass is 32.1. The van der Waals surface area contributed by atoms with Gasteiger partial charge in [0.05, 0.1) is 17.5 Å². The number of nitrogens with two attached hydrogens (primary N) is 1. The quantitative estimate of drug-likeness (QED) is 0.546. The molecule has 0 heterocycles. The van der Waals surface area contributed by atoms with E-state index >= 15 is 0 Å². The van der Waals surface area contributed by atoms with E-state index in [2.05, 4.69) is 5.32 Å². The summed E-state index contributed by atoms with van der Waals surface area (Å²) in [6, 6.07) is -0.669. The largest absolute Gasteiger partial charge is 0.467 e. The molecule has 0 rings (SSSR count). The molecule has 0 aliphatic rings. The highest BCUT2D eigenvalue weighted by Crippen LogP contribution is 2.22. The molecule has 0 saturated heterocycles. The molecule has 0 saturated carbocycles. The van der Waals surface area contributed by atoms with Gasteiger partial charge >= 0.3 is 5.97 Å². The molecule has 1 amide bonds. The van der Waals surface area contributed by atoms with Crippen molar-refractivity contribution in [1.29, 1.82) is 0 Å². The van der Waals surface area contributed by atoms with Gasteiger partial charge in [-0.25, -0.2) is 4.79 Å². The minimum atomic E-state index is -0.946. The van der Waals surface area contributed by atoms with Crippen LogP contribution in [0.1, 0.15) is 40.5 Å². The van der Waals surface area contributed by atoms with Crippen LogP contribution < -0.4 is 11.1 Å². The molecule has 5 nitrogen and oxygen atoms in total. The highest BCUT2D eigenvalue weighted by molar-refractivity contribution is 7.80. The fourth-order valence-corrected chi connectivity index (χ4v) is 1.83. The van der Waals surface area contributed by atoms with Gasteiger partial charge in [0, 0.05) is 0 Å². The molecule has 0 bridgehead atoms. The third-order valence-electron chi connectivity index (χ3n) is 3.25. The third kappa shape index (κ3) is 4.78. The van der Waals surface area contributed by atoms with Gasteiger partial charge in [0.1, 0.15) is 6.04 Å². The van der Waals surface area contributed by atoms with Gasteiger partial charge in [-0.3, -0.25) is 4.79 Å². The molecule has 0 spiro atoms. The summed E-state index contributed by atoms with van der Waals surface area (Å²) in [6.45, 7) is 7.44. The highest BCUT2D eigenvalue weighted by Gasteiger charge is 2.37. The molecule has 2 unspecified atom stereocenters. The van der Waals surface area contributed by atoms with Gasteiger partial charge in [-0.05, 0) is 25.7 Å². The number of rotatable bonds is 7. The number of carbonyl (C=O) groups is 2. The molecule has 3 N–H and O–H groups in total. The summed E-state index contributed by atoms with van der Waals surface area (Å²) in [5, 5.41) is 2.69. The van der Waals surface area contributed by atoms with Crippen LogP contribution in [0, 0.1) is 11.3 Å². The number of hydrogen-bond acceptors (Lipinski definition) is 4. The number of carbonyl (C=O) groups excluding carboxylic acids is 2. The molecule has 0 radical (unpaired) electrons. The van der Waals surface area contributed by atoms with Crippen molar-refractivity contribution in [3.8, 4) is 0 Å². The van der Waals surface area contributed by atoms with Gasteiger partial charge in [0.25, 0.3) is 0 Å². The van der Waals surface area contributed by atoms with E-state index in [1.807, 2.05) is 20.8 Å². The first kappa shape index (κ1) is 17.8. The van der Waals surface area contributed by atoms with E-state index in [-0.39, 0.29) is 16.8 Å². The molecule has 0 aromatic rings. The van der Waals surface area contributed by atoms with Crippen molar-refractivity contribution in [3.05, 3.63) is 0 Å². The van der Waals surface area contributed by atoms with Crippen LogP contribution in [-0.2, 0) is 14.3 Å². The Labute approximate surface area is 120 Å². The summed E-state index contributed by atoms with van der Waals surface area (Å²) in [6.07, 6.45) is 0.985. The lowest BCUT2D eigenvalue weighted by molar-refractivity contribution is -0.146. The lowest BCUT2D eigenvalue weighted by atomic mass is 9.86. The van der Waals surface area contributed by atoms with Crippen LogP contribution in [0.25, 0.3) is 0 Å². The molecule has 0 aromatic carbocycles. The number of thiocarbonyl (C=S) groups is 1. The number of ether oxygens (including phenoxy) is 1. The smallest absolute Gasteiger partial charge is 0.328 e. The predicted octanol–water partition coefficient (Wildman–Crippen LogP) is 1.39. The molecular weight excluding hydrogens is 264 g/mol. The molecule has 19 heavy (non-hydrogen) atoms. The van der Waals surface area contributed by atoms with E-state index < -0.39 is 17.4 Å². The molecule has 110 valence electrons. The van der Waals surface area contributed by atoms with E-state index in [0.717, 1.165) is 0 Å². The Hall–Kier alpha value is -1.17. The van der Waals surface area contributed by atoms with Crippen molar-refractivity contribution in [2.75, 3.05) is 7.11 Å². The number of hydrogen-bond donors (Lipinski definition) is 2. The minimum absolute atomic E-state index is 0.126. The Morgan fingerprint density at radius 3 is 2.26 bits per heavy atom. The van der Waals surface area contributed by atoms with Gasteiger partial charge in [0.15, 0.2) is 0 Å². The maximum Gasteiger partial charge on any atom is 0.328 e. The molecule has 6 heteroatoms. The fraction of sp³-hybridized carbons (Fsp3) is 0.769. The normalized spacial score (nSPS) is 15.5. The van der Waals surface area contributed by atoms with Crippen molar-refractivity contribution in [3.63, 3.8) is 0 Å². The first-order chi connectivity index (χ1) is 8.68. The number of amides is 1. The summed E-state index contributed by atoms with van der Waals surface area (Å²) in [7, 11) is 1.30. The Morgan fingerprint density at radius 2 is 1.95 bits per heavy atom. The summed E-state index contributed by atoms with van der Waals surface area (Å²) >= 11 is 4.94. The molecule has 2 atom stereocenters. The zero-order valence-corrected chi connectivity index (χ0v) is 13.1. The fourth-order valence-electron chi connectivity index (χ4n) is 1.59. The SMILES string of the molecule is CCC(C)(C(=O)NC(CC(C)C)C(=O)OC)C(N)=S. The number of nitrogens with one attached hydrogen (secondary N) is 1. The maximum atomic E-state index is 12.3. The summed E-state index contributed by atoms with van der Waals surface area (Å²) in [5.74, 6) is -0.538. The van der Waals surface area contributed by atoms with Crippen molar-refractivity contribution >= 4 is 29.1 Å². The zero-order chi connectivity index (χ0) is 15.2. The van der Waals surface area contributed by atoms with Gasteiger partial charge < -0.3 is 15.8 Å². The minimum Gasteiger partial charge on any atom is -0.467 e. The average Bonchev–Trinajstić information content (AvgIpc) is 2.34. The summed E-state index contributed by atoms with van der Waals surface area (Å²) < 4.78 is 4.70. The second-order valence-corrected chi connectivity index (χ2v) is 5.67. The second-order valence-electron chi connectivity index (χ2n) is 5.23. The Balaban J connectivity index is 4.98. The molecular formula is C13H24N2O3S. The van der Waals surface area contributed by atoms with E-state index in [1.165, 1.54) is 7.11 Å². The molecule has 0 fully saturated rings. The van der Waals surface area contributed by atoms with Crippen molar-refractivity contribution < 1.29 is 14.3 Å². The number of methoxy groups -OCH3 is 1. The van der Waals surface area contributed by atoms with Crippen LogP contribution in [0.15, 0.2) is 0 Å². The first-order valence-corrected chi connectivity index (χ1v) is 6.78. The van der Waals surface area contributed by atoms with E-state index in [1.54, 1.807) is 6.92 Å². The van der Waals surface area contributed by atoms with Crippen LogP contribution >= 0.6 is 12.2 Å². The third-order valence-corrected chi connectivity index (χ3v) is 3.70. The summed E-state index contributed by atoms with van der Waals surface area (Å²) in [4.78, 5) is 24.1. The Bertz CT molecular complexity index is 358. The van der Waals surface area contributed by atoms with Crippen molar-refractivity contribution in [2.45, 2.75) is 46.6 Å². The van der Waals surface area contributed by atoms with Crippen LogP contribution in [0.2, 0.25) is 0 Å². The standard InChI is InChI=1S/C13H24N2O3S/c1-6-13(4,11(14)19)12(17)15-9(7-8(2)3)10(16)18-5/h8-9H,6-7H2,1-5H3,(H2,14,19)(H,15,17). The molecule has 0 aromatic heterocycles. The average molecular weight is 288 g/mol. The van der Waals surface area contributed by atoms with E-state index in [4.69, 9.17) is 22.7 Å². The lowest BCUT2D eigenvalue weighted by Crippen LogP contribution is -2.52.